The second-order valence-electron chi connectivity index (χ2n) is 11.7. The summed E-state index contributed by atoms with van der Waals surface area (Å²) in [5.74, 6) is -4.64. The van der Waals surface area contributed by atoms with Gasteiger partial charge in [0.25, 0.3) is 0 Å². The number of amides is 3. The maximum absolute atomic E-state index is 13.9. The molecule has 0 spiro atoms. The van der Waals surface area contributed by atoms with E-state index in [9.17, 15) is 27.6 Å². The van der Waals surface area contributed by atoms with Gasteiger partial charge in [-0.25, -0.2) is 4.79 Å². The highest BCUT2D eigenvalue weighted by molar-refractivity contribution is 5.95. The predicted octanol–water partition coefficient (Wildman–Crippen LogP) is 1.80. The van der Waals surface area contributed by atoms with Gasteiger partial charge in [0.15, 0.2) is 5.96 Å². The standard InChI is InChI=1S/C30H43N9O3.C2HF3O2/c31-26(32)21-12-10-20(11-13-21)16-23(22-8-4-14-36-18-22)28(41)39-25(17-19-6-2-1-3-7-19)29(42)38-24(27(33)40)9-5-15-37-30(34)35;3-2(4,5)1(6)7/h4,8,10-14,18-19,23-25H,1-3,5-7,9,15-17H2,(H3,31,32)(H2,33,40)(H,38,42)(H,39,41)(H4,34,35,37);(H,6,7)/t23-,24+,25+;/m1./s1. The lowest BCUT2D eigenvalue weighted by Gasteiger charge is -2.29. The lowest BCUT2D eigenvalue weighted by Crippen LogP contribution is -2.54. The van der Waals surface area contributed by atoms with Crippen molar-refractivity contribution in [2.24, 2.45) is 33.8 Å². The quantitative estimate of drug-likeness (QED) is 0.0768. The zero-order valence-corrected chi connectivity index (χ0v) is 26.9. The Bertz CT molecular complexity index is 1430. The van der Waals surface area contributed by atoms with E-state index in [1.807, 2.05) is 18.2 Å². The third-order valence-corrected chi connectivity index (χ3v) is 7.88. The van der Waals surface area contributed by atoms with Crippen LogP contribution < -0.4 is 33.6 Å². The van der Waals surface area contributed by atoms with Gasteiger partial charge in [0.05, 0.1) is 5.92 Å². The molecule has 1 heterocycles. The summed E-state index contributed by atoms with van der Waals surface area (Å²) in [6.45, 7) is 0.296. The number of aromatic nitrogens is 1. The predicted molar refractivity (Wildman–Crippen MR) is 176 cm³/mol. The molecular formula is C32H44F3N9O5. The van der Waals surface area contributed by atoms with Crippen LogP contribution in [0, 0.1) is 11.3 Å². The van der Waals surface area contributed by atoms with Gasteiger partial charge in [0, 0.05) is 24.5 Å². The molecule has 1 aromatic carbocycles. The van der Waals surface area contributed by atoms with E-state index in [1.54, 1.807) is 30.6 Å². The third-order valence-electron chi connectivity index (χ3n) is 7.88. The monoisotopic (exact) mass is 691 g/mol. The van der Waals surface area contributed by atoms with Gasteiger partial charge in [-0.1, -0.05) is 62.4 Å². The number of nitrogens with two attached hydrogens (primary N) is 4. The maximum Gasteiger partial charge on any atom is 0.490 e. The number of carboxylic acids is 1. The topological polar surface area (TPSA) is 266 Å². The number of pyridine rings is 1. The van der Waals surface area contributed by atoms with Crippen LogP contribution >= 0.6 is 0 Å². The first kappa shape index (κ1) is 40.0. The van der Waals surface area contributed by atoms with Gasteiger partial charge in [0.1, 0.15) is 17.9 Å². The molecule has 3 rings (SSSR count). The number of hydrogen-bond acceptors (Lipinski definition) is 7. The Kier molecular flexibility index (Phi) is 16.0. The van der Waals surface area contributed by atoms with E-state index in [0.29, 0.717) is 36.9 Å². The molecule has 1 aromatic heterocycles. The lowest BCUT2D eigenvalue weighted by atomic mass is 9.84. The number of nitrogens with zero attached hydrogens (tertiary/aromatic N) is 2. The summed E-state index contributed by atoms with van der Waals surface area (Å²) in [6.07, 6.45) is 4.98. The summed E-state index contributed by atoms with van der Waals surface area (Å²) in [7, 11) is 0. The SMILES string of the molecule is N=C(N)c1ccc(C[C@@H](C(=O)N[C@@H](CC2CCCCC2)C(=O)N[C@@H](CCCN=C(N)N)C(N)=O)c2cccnc2)cc1.O=C(O)C(F)(F)F. The molecule has 268 valence electrons. The molecule has 0 bridgehead atoms. The molecule has 1 fully saturated rings. The van der Waals surface area contributed by atoms with Crippen LogP contribution in [0.3, 0.4) is 0 Å². The number of amidine groups is 1. The highest BCUT2D eigenvalue weighted by Gasteiger charge is 2.38. The fourth-order valence-corrected chi connectivity index (χ4v) is 5.32. The Morgan fingerprint density at radius 3 is 2.08 bits per heavy atom. The molecule has 0 saturated heterocycles. The van der Waals surface area contributed by atoms with E-state index >= 15 is 0 Å². The molecule has 0 radical (unpaired) electrons. The number of nitrogens with one attached hydrogen (secondary N) is 3. The van der Waals surface area contributed by atoms with Gasteiger partial charge in [-0.3, -0.25) is 29.8 Å². The number of nitrogen functional groups attached to an aromatic ring is 1. The Morgan fingerprint density at radius 1 is 0.959 bits per heavy atom. The summed E-state index contributed by atoms with van der Waals surface area (Å²) in [5, 5.41) is 20.5. The number of aliphatic carboxylic acids is 1. The summed E-state index contributed by atoms with van der Waals surface area (Å²) in [6, 6.07) is 8.97. The average Bonchev–Trinajstić information content (AvgIpc) is 3.05. The molecule has 1 aliphatic rings. The van der Waals surface area contributed by atoms with Crippen LogP contribution in [0.1, 0.15) is 74.0 Å². The van der Waals surface area contributed by atoms with E-state index in [4.69, 9.17) is 38.2 Å². The number of carbonyl (C=O) groups excluding carboxylic acids is 3. The fraction of sp³-hybridized carbons (Fsp3) is 0.469. The van der Waals surface area contributed by atoms with Crippen LogP contribution in [0.2, 0.25) is 0 Å². The molecule has 2 aromatic rings. The molecule has 14 nitrogen and oxygen atoms in total. The van der Waals surface area contributed by atoms with Crippen molar-refractivity contribution in [2.45, 2.75) is 82.0 Å². The highest BCUT2D eigenvalue weighted by atomic mass is 19.4. The number of guanidine groups is 1. The zero-order chi connectivity index (χ0) is 36.6. The van der Waals surface area contributed by atoms with Gasteiger partial charge >= 0.3 is 12.1 Å². The maximum atomic E-state index is 13.9. The first-order valence-electron chi connectivity index (χ1n) is 15.7. The Hall–Kier alpha value is -5.22. The summed E-state index contributed by atoms with van der Waals surface area (Å²) in [4.78, 5) is 56.6. The minimum Gasteiger partial charge on any atom is -0.475 e. The van der Waals surface area contributed by atoms with Crippen molar-refractivity contribution in [1.82, 2.24) is 15.6 Å². The first-order chi connectivity index (χ1) is 23.1. The first-order valence-corrected chi connectivity index (χ1v) is 15.7. The van der Waals surface area contributed by atoms with E-state index in [-0.39, 0.29) is 30.0 Å². The van der Waals surface area contributed by atoms with Crippen LogP contribution in [0.25, 0.3) is 0 Å². The fourth-order valence-electron chi connectivity index (χ4n) is 5.32. The Labute approximate surface area is 281 Å². The van der Waals surface area contributed by atoms with Gasteiger partial charge < -0.3 is 38.7 Å². The molecular weight excluding hydrogens is 647 g/mol. The minimum absolute atomic E-state index is 0.0369. The molecule has 3 amide bonds. The average molecular weight is 692 g/mol. The van der Waals surface area contributed by atoms with Crippen molar-refractivity contribution in [2.75, 3.05) is 6.54 Å². The normalized spacial score (nSPS) is 14.9. The summed E-state index contributed by atoms with van der Waals surface area (Å²) < 4.78 is 31.7. The van der Waals surface area contributed by atoms with E-state index in [0.717, 1.165) is 37.7 Å². The molecule has 1 aliphatic carbocycles. The Balaban J connectivity index is 0.00000107. The van der Waals surface area contributed by atoms with Crippen molar-refractivity contribution < 1.29 is 37.5 Å². The molecule has 1 saturated carbocycles. The molecule has 3 atom stereocenters. The van der Waals surface area contributed by atoms with Gasteiger partial charge in [-0.05, 0) is 48.8 Å². The number of halogens is 3. The number of aliphatic imine (C=N–C) groups is 1. The smallest absolute Gasteiger partial charge is 0.475 e. The number of carbonyl (C=O) groups is 4. The van der Waals surface area contributed by atoms with Gasteiger partial charge in [0.2, 0.25) is 17.7 Å². The number of alkyl halides is 3. The van der Waals surface area contributed by atoms with E-state index in [2.05, 4.69) is 20.6 Å². The number of rotatable bonds is 15. The third kappa shape index (κ3) is 14.6. The van der Waals surface area contributed by atoms with Crippen molar-refractivity contribution in [3.05, 3.63) is 65.5 Å². The molecule has 0 aliphatic heterocycles. The van der Waals surface area contributed by atoms with Crippen molar-refractivity contribution in [3.63, 3.8) is 0 Å². The van der Waals surface area contributed by atoms with Crippen LogP contribution in [-0.2, 0) is 25.6 Å². The van der Waals surface area contributed by atoms with Crippen LogP contribution in [0.5, 0.6) is 0 Å². The zero-order valence-electron chi connectivity index (χ0n) is 26.9. The van der Waals surface area contributed by atoms with Crippen LogP contribution in [-0.4, -0.2) is 70.4 Å². The van der Waals surface area contributed by atoms with Gasteiger partial charge in [-0.2, -0.15) is 13.2 Å². The van der Waals surface area contributed by atoms with Crippen molar-refractivity contribution in [1.29, 1.82) is 5.41 Å². The van der Waals surface area contributed by atoms with E-state index in [1.165, 1.54) is 0 Å². The summed E-state index contributed by atoms with van der Waals surface area (Å²) in [5.41, 5.74) is 24.1. The highest BCUT2D eigenvalue weighted by Crippen LogP contribution is 2.28. The second-order valence-corrected chi connectivity index (χ2v) is 11.7. The van der Waals surface area contributed by atoms with Crippen LogP contribution in [0.15, 0.2) is 53.8 Å². The largest absolute Gasteiger partial charge is 0.490 e. The molecule has 49 heavy (non-hydrogen) atoms. The van der Waals surface area contributed by atoms with Crippen LogP contribution in [0.4, 0.5) is 13.2 Å². The number of benzene rings is 1. The second kappa shape index (κ2) is 19.6. The Morgan fingerprint density at radius 2 is 1.57 bits per heavy atom. The number of primary amides is 1. The summed E-state index contributed by atoms with van der Waals surface area (Å²) >= 11 is 0. The molecule has 0 unspecified atom stereocenters. The lowest BCUT2D eigenvalue weighted by molar-refractivity contribution is -0.192. The van der Waals surface area contributed by atoms with Crippen molar-refractivity contribution >= 4 is 35.5 Å². The van der Waals surface area contributed by atoms with Gasteiger partial charge in [-0.15, -0.1) is 0 Å². The number of hydrogen-bond donors (Lipinski definition) is 8. The minimum atomic E-state index is -5.08. The molecule has 12 N–H and O–H groups in total. The van der Waals surface area contributed by atoms with E-state index < -0.39 is 42.0 Å². The molecule has 17 heteroatoms. The van der Waals surface area contributed by atoms with Crippen molar-refractivity contribution in [3.8, 4) is 0 Å². The number of carboxylic acid groups (broad SMARTS) is 1.